The molecule has 2 rings (SSSR count). The van der Waals surface area contributed by atoms with Crippen molar-refractivity contribution >= 4 is 18.9 Å². The molecule has 0 bridgehead atoms. The van der Waals surface area contributed by atoms with Crippen molar-refractivity contribution in [2.75, 3.05) is 19.1 Å². The molecule has 2 heteroatoms. The van der Waals surface area contributed by atoms with E-state index in [9.17, 15) is 0 Å². The van der Waals surface area contributed by atoms with E-state index in [1.165, 1.54) is 23.7 Å². The average molecular weight is 193 g/mol. The van der Waals surface area contributed by atoms with Crippen LogP contribution in [0.2, 0.25) is 0 Å². The lowest BCUT2D eigenvalue weighted by Gasteiger charge is -2.11. The highest BCUT2D eigenvalue weighted by atomic mass is 31.1. The highest BCUT2D eigenvalue weighted by molar-refractivity contribution is 7.64. The number of anilines is 1. The fourth-order valence-corrected chi connectivity index (χ4v) is 2.62. The lowest BCUT2D eigenvalue weighted by Crippen LogP contribution is -2.07. The first-order valence-corrected chi connectivity index (χ1v) is 6.99. The molecule has 0 heterocycles. The van der Waals surface area contributed by atoms with E-state index in [-0.39, 0.29) is 7.92 Å². The number of hydrogen-bond donors (Lipinski definition) is 1. The van der Waals surface area contributed by atoms with Crippen LogP contribution in [0.15, 0.2) is 18.2 Å². The van der Waals surface area contributed by atoms with Gasteiger partial charge in [-0.05, 0) is 55.1 Å². The Morgan fingerprint density at radius 3 is 2.54 bits per heavy atom. The van der Waals surface area contributed by atoms with Crippen LogP contribution in [0.25, 0.3) is 0 Å². The molecule has 13 heavy (non-hydrogen) atoms. The molecule has 70 valence electrons. The zero-order chi connectivity index (χ0) is 9.42. The summed E-state index contributed by atoms with van der Waals surface area (Å²) in [7, 11) is -0.0546. The van der Waals surface area contributed by atoms with Crippen LogP contribution < -0.4 is 11.0 Å². The first kappa shape index (κ1) is 9.02. The van der Waals surface area contributed by atoms with Gasteiger partial charge in [-0.2, -0.15) is 0 Å². The Balaban J connectivity index is 2.36. The minimum Gasteiger partial charge on any atom is -0.398 e. The smallest absolute Gasteiger partial charge is 0.0392 e. The van der Waals surface area contributed by atoms with Crippen molar-refractivity contribution in [3.05, 3.63) is 23.8 Å². The summed E-state index contributed by atoms with van der Waals surface area (Å²) in [5.41, 5.74) is 8.40. The SMILES string of the molecule is CP(C)c1cc(C2CC2)ccc1N. The number of hydrogen-bond acceptors (Lipinski definition) is 1. The van der Waals surface area contributed by atoms with Crippen molar-refractivity contribution in [2.24, 2.45) is 0 Å². The van der Waals surface area contributed by atoms with Crippen molar-refractivity contribution in [3.63, 3.8) is 0 Å². The van der Waals surface area contributed by atoms with Crippen LogP contribution in [-0.2, 0) is 0 Å². The third kappa shape index (κ3) is 1.86. The molecule has 0 aromatic heterocycles. The van der Waals surface area contributed by atoms with E-state index < -0.39 is 0 Å². The lowest BCUT2D eigenvalue weighted by atomic mass is 10.1. The van der Waals surface area contributed by atoms with E-state index >= 15 is 0 Å². The monoisotopic (exact) mass is 193 g/mol. The summed E-state index contributed by atoms with van der Waals surface area (Å²) >= 11 is 0. The van der Waals surface area contributed by atoms with Gasteiger partial charge in [0.25, 0.3) is 0 Å². The van der Waals surface area contributed by atoms with Gasteiger partial charge in [-0.1, -0.05) is 14.0 Å². The van der Waals surface area contributed by atoms with Gasteiger partial charge in [0.15, 0.2) is 0 Å². The zero-order valence-electron chi connectivity index (χ0n) is 8.25. The van der Waals surface area contributed by atoms with Gasteiger partial charge in [-0.15, -0.1) is 0 Å². The predicted octanol–water partition coefficient (Wildman–Crippen LogP) is 2.51. The minimum absolute atomic E-state index is 0.0546. The molecule has 1 nitrogen and oxygen atoms in total. The maximum absolute atomic E-state index is 5.93. The van der Waals surface area contributed by atoms with Gasteiger partial charge in [-0.3, -0.25) is 0 Å². The Morgan fingerprint density at radius 1 is 1.31 bits per heavy atom. The number of benzene rings is 1. The van der Waals surface area contributed by atoms with Crippen molar-refractivity contribution in [1.29, 1.82) is 0 Å². The third-order valence-corrected chi connectivity index (χ3v) is 3.94. The fourth-order valence-electron chi connectivity index (χ4n) is 1.62. The topological polar surface area (TPSA) is 26.0 Å². The molecule has 0 atom stereocenters. The predicted molar refractivity (Wildman–Crippen MR) is 61.2 cm³/mol. The standard InChI is InChI=1S/C11H16NP/c1-13(2)11-7-9(8-3-4-8)5-6-10(11)12/h5-8H,3-4,12H2,1-2H3. The minimum atomic E-state index is -0.0546. The van der Waals surface area contributed by atoms with Gasteiger partial charge in [0, 0.05) is 5.69 Å². The van der Waals surface area contributed by atoms with E-state index in [1.54, 1.807) is 0 Å². The molecular formula is C11H16NP. The molecule has 0 spiro atoms. The van der Waals surface area contributed by atoms with Gasteiger partial charge < -0.3 is 5.73 Å². The fraction of sp³-hybridized carbons (Fsp3) is 0.455. The molecule has 0 unspecified atom stereocenters. The second-order valence-electron chi connectivity index (χ2n) is 3.99. The molecule has 1 aliphatic rings. The molecular weight excluding hydrogens is 177 g/mol. The van der Waals surface area contributed by atoms with Crippen LogP contribution in [0.3, 0.4) is 0 Å². The van der Waals surface area contributed by atoms with Crippen LogP contribution >= 0.6 is 7.92 Å². The summed E-state index contributed by atoms with van der Waals surface area (Å²) < 4.78 is 0. The van der Waals surface area contributed by atoms with Crippen molar-refractivity contribution in [2.45, 2.75) is 18.8 Å². The molecule has 0 saturated heterocycles. The summed E-state index contributed by atoms with van der Waals surface area (Å²) in [4.78, 5) is 0. The summed E-state index contributed by atoms with van der Waals surface area (Å²) in [6, 6.07) is 6.58. The molecule has 2 N–H and O–H groups in total. The molecule has 1 aromatic rings. The van der Waals surface area contributed by atoms with Crippen molar-refractivity contribution in [1.82, 2.24) is 0 Å². The van der Waals surface area contributed by atoms with E-state index in [2.05, 4.69) is 31.5 Å². The maximum atomic E-state index is 5.93. The van der Waals surface area contributed by atoms with E-state index in [0.717, 1.165) is 11.6 Å². The summed E-state index contributed by atoms with van der Waals surface area (Å²) in [6.45, 7) is 4.52. The van der Waals surface area contributed by atoms with Gasteiger partial charge in [-0.25, -0.2) is 0 Å². The van der Waals surface area contributed by atoms with Crippen LogP contribution in [0.1, 0.15) is 24.3 Å². The first-order chi connectivity index (χ1) is 6.18. The molecule has 1 aromatic carbocycles. The maximum Gasteiger partial charge on any atom is 0.0392 e. The Hall–Kier alpha value is -0.550. The highest BCUT2D eigenvalue weighted by Crippen LogP contribution is 2.41. The Labute approximate surface area is 81.1 Å². The third-order valence-electron chi connectivity index (χ3n) is 2.59. The molecule has 1 saturated carbocycles. The molecule has 1 aliphatic carbocycles. The molecule has 0 radical (unpaired) electrons. The molecule has 1 fully saturated rings. The second kappa shape index (κ2) is 3.31. The summed E-state index contributed by atoms with van der Waals surface area (Å²) in [6.07, 6.45) is 2.74. The summed E-state index contributed by atoms with van der Waals surface area (Å²) in [5, 5.41) is 1.37. The Morgan fingerprint density at radius 2 is 2.00 bits per heavy atom. The quantitative estimate of drug-likeness (QED) is 0.566. The van der Waals surface area contributed by atoms with Gasteiger partial charge >= 0.3 is 0 Å². The largest absolute Gasteiger partial charge is 0.398 e. The lowest BCUT2D eigenvalue weighted by molar-refractivity contribution is 1.13. The second-order valence-corrected chi connectivity index (χ2v) is 6.26. The number of nitrogens with two attached hydrogens (primary N) is 1. The molecule has 0 amide bonds. The summed E-state index contributed by atoms with van der Waals surface area (Å²) in [5.74, 6) is 0.842. The van der Waals surface area contributed by atoms with E-state index in [0.29, 0.717) is 0 Å². The normalized spacial score (nSPS) is 16.5. The van der Waals surface area contributed by atoms with Crippen molar-refractivity contribution < 1.29 is 0 Å². The highest BCUT2D eigenvalue weighted by Gasteiger charge is 2.24. The Bertz CT molecular complexity index is 316. The Kier molecular flexibility index (Phi) is 2.29. The van der Waals surface area contributed by atoms with Gasteiger partial charge in [0.2, 0.25) is 0 Å². The van der Waals surface area contributed by atoms with Crippen LogP contribution in [0, 0.1) is 0 Å². The van der Waals surface area contributed by atoms with Crippen LogP contribution in [-0.4, -0.2) is 13.3 Å². The number of rotatable bonds is 2. The number of nitrogen functional groups attached to an aromatic ring is 1. The van der Waals surface area contributed by atoms with Gasteiger partial charge in [0.1, 0.15) is 0 Å². The van der Waals surface area contributed by atoms with Crippen molar-refractivity contribution in [3.8, 4) is 0 Å². The molecule has 0 aliphatic heterocycles. The average Bonchev–Trinajstić information content (AvgIpc) is 2.87. The van der Waals surface area contributed by atoms with E-state index in [1.807, 2.05) is 0 Å². The first-order valence-electron chi connectivity index (χ1n) is 4.75. The van der Waals surface area contributed by atoms with Gasteiger partial charge in [0.05, 0.1) is 0 Å². The zero-order valence-corrected chi connectivity index (χ0v) is 9.14. The van der Waals surface area contributed by atoms with Crippen LogP contribution in [0.4, 0.5) is 5.69 Å². The van der Waals surface area contributed by atoms with Crippen LogP contribution in [0.5, 0.6) is 0 Å². The van der Waals surface area contributed by atoms with E-state index in [4.69, 9.17) is 5.73 Å².